The minimum Gasteiger partial charge on any atom is -0.349 e. The molecule has 0 atom stereocenters. The van der Waals surface area contributed by atoms with Crippen LogP contribution in [-0.2, 0) is 7.05 Å². The van der Waals surface area contributed by atoms with Crippen molar-refractivity contribution in [3.63, 3.8) is 0 Å². The third-order valence-corrected chi connectivity index (χ3v) is 3.99. The van der Waals surface area contributed by atoms with Crippen LogP contribution < -0.4 is 0 Å². The van der Waals surface area contributed by atoms with Crippen LogP contribution >= 0.6 is 11.8 Å². The van der Waals surface area contributed by atoms with E-state index < -0.39 is 0 Å². The first kappa shape index (κ1) is 11.6. The molecule has 2 aromatic rings. The average Bonchev–Trinajstić information content (AvgIpc) is 2.63. The van der Waals surface area contributed by atoms with E-state index in [-0.39, 0.29) is 0 Å². The minimum absolute atomic E-state index is 1.24. The molecule has 0 amide bonds. The number of para-hydroxylation sites is 1. The molecule has 1 nitrogen and oxygen atoms in total. The van der Waals surface area contributed by atoms with Crippen LogP contribution in [0.25, 0.3) is 10.9 Å². The maximum atomic E-state index is 2.25. The molecule has 2 heteroatoms. The van der Waals surface area contributed by atoms with Gasteiger partial charge in [0.15, 0.2) is 0 Å². The van der Waals surface area contributed by atoms with Gasteiger partial charge in [-0.05, 0) is 18.2 Å². The highest BCUT2D eigenvalue weighted by Crippen LogP contribution is 2.29. The summed E-state index contributed by atoms with van der Waals surface area (Å²) in [6.45, 7) is 2.25. The number of benzene rings is 1. The number of nitrogens with zero attached hydrogens (tertiary/aromatic N) is 1. The minimum atomic E-state index is 1.24. The van der Waals surface area contributed by atoms with Crippen molar-refractivity contribution in [3.8, 4) is 0 Å². The van der Waals surface area contributed by atoms with Gasteiger partial charge in [-0.25, -0.2) is 0 Å². The summed E-state index contributed by atoms with van der Waals surface area (Å²) in [5.74, 6) is 1.24. The molecule has 0 aliphatic carbocycles. The number of thioether (sulfide) groups is 1. The van der Waals surface area contributed by atoms with Gasteiger partial charge in [0.05, 0.1) is 0 Å². The molecule has 0 saturated heterocycles. The van der Waals surface area contributed by atoms with E-state index in [0.717, 1.165) is 0 Å². The van der Waals surface area contributed by atoms with E-state index in [2.05, 4.69) is 49.0 Å². The Hall–Kier alpha value is -0.890. The molecule has 2 rings (SSSR count). The number of unbranched alkanes of at least 4 members (excludes halogenated alkanes) is 2. The van der Waals surface area contributed by atoms with Crippen LogP contribution in [0.2, 0.25) is 0 Å². The Kier molecular flexibility index (Phi) is 3.94. The molecule has 1 aromatic carbocycles. The highest BCUT2D eigenvalue weighted by atomic mass is 32.2. The van der Waals surface area contributed by atoms with Crippen LogP contribution in [0.1, 0.15) is 26.2 Å². The summed E-state index contributed by atoms with van der Waals surface area (Å²) < 4.78 is 2.22. The van der Waals surface area contributed by atoms with Gasteiger partial charge in [0, 0.05) is 29.0 Å². The SMILES string of the molecule is CCCCCSc1cn(C)c2ccccc12. The fourth-order valence-corrected chi connectivity index (χ4v) is 3.08. The zero-order valence-electron chi connectivity index (χ0n) is 10.1. The van der Waals surface area contributed by atoms with Crippen LogP contribution in [0.3, 0.4) is 0 Å². The second-order valence-corrected chi connectivity index (χ2v) is 5.31. The van der Waals surface area contributed by atoms with Gasteiger partial charge >= 0.3 is 0 Å². The molecule has 0 radical (unpaired) electrons. The van der Waals surface area contributed by atoms with Crippen LogP contribution in [0.4, 0.5) is 0 Å². The summed E-state index contributed by atoms with van der Waals surface area (Å²) in [5, 5.41) is 1.39. The molecule has 0 spiro atoms. The summed E-state index contributed by atoms with van der Waals surface area (Å²) in [6.07, 6.45) is 6.22. The summed E-state index contributed by atoms with van der Waals surface area (Å²) in [5.41, 5.74) is 1.33. The fourth-order valence-electron chi connectivity index (χ4n) is 1.95. The third-order valence-electron chi connectivity index (χ3n) is 2.87. The maximum Gasteiger partial charge on any atom is 0.0489 e. The summed E-state index contributed by atoms with van der Waals surface area (Å²) in [6, 6.07) is 8.63. The van der Waals surface area contributed by atoms with Gasteiger partial charge in [0.1, 0.15) is 0 Å². The molecule has 1 heterocycles. The Morgan fingerprint density at radius 3 is 2.81 bits per heavy atom. The lowest BCUT2D eigenvalue weighted by Crippen LogP contribution is -1.81. The van der Waals surface area contributed by atoms with Crippen molar-refractivity contribution >= 4 is 22.7 Å². The van der Waals surface area contributed by atoms with Gasteiger partial charge in [0.25, 0.3) is 0 Å². The highest BCUT2D eigenvalue weighted by Gasteiger charge is 2.05. The van der Waals surface area contributed by atoms with Crippen molar-refractivity contribution in [3.05, 3.63) is 30.5 Å². The Morgan fingerprint density at radius 1 is 1.19 bits per heavy atom. The molecule has 0 saturated carbocycles. The van der Waals surface area contributed by atoms with Gasteiger partial charge < -0.3 is 4.57 Å². The van der Waals surface area contributed by atoms with Crippen molar-refractivity contribution in [2.24, 2.45) is 7.05 Å². The zero-order valence-corrected chi connectivity index (χ0v) is 10.9. The largest absolute Gasteiger partial charge is 0.349 e. The van der Waals surface area contributed by atoms with E-state index in [1.54, 1.807) is 0 Å². The number of hydrogen-bond donors (Lipinski definition) is 0. The average molecular weight is 233 g/mol. The zero-order chi connectivity index (χ0) is 11.4. The molecule has 0 unspecified atom stereocenters. The van der Waals surface area contributed by atoms with Gasteiger partial charge in [-0.3, -0.25) is 0 Å². The van der Waals surface area contributed by atoms with Crippen LogP contribution in [0, 0.1) is 0 Å². The van der Waals surface area contributed by atoms with Gasteiger partial charge in [-0.1, -0.05) is 38.0 Å². The van der Waals surface area contributed by atoms with Gasteiger partial charge in [-0.2, -0.15) is 0 Å². The molecule has 0 bridgehead atoms. The van der Waals surface area contributed by atoms with Crippen LogP contribution in [0.5, 0.6) is 0 Å². The second kappa shape index (κ2) is 5.44. The molecular weight excluding hydrogens is 214 g/mol. The van der Waals surface area contributed by atoms with Gasteiger partial charge in [0.2, 0.25) is 0 Å². The van der Waals surface area contributed by atoms with Crippen molar-refractivity contribution in [2.75, 3.05) is 5.75 Å². The van der Waals surface area contributed by atoms with E-state index >= 15 is 0 Å². The summed E-state index contributed by atoms with van der Waals surface area (Å²) >= 11 is 1.99. The number of aryl methyl sites for hydroxylation is 1. The number of rotatable bonds is 5. The van der Waals surface area contributed by atoms with Crippen LogP contribution in [0.15, 0.2) is 35.4 Å². The molecule has 0 fully saturated rings. The highest BCUT2D eigenvalue weighted by molar-refractivity contribution is 7.99. The quantitative estimate of drug-likeness (QED) is 0.545. The lowest BCUT2D eigenvalue weighted by Gasteiger charge is -1.98. The molecular formula is C14H19NS. The Labute approximate surface area is 102 Å². The summed E-state index contributed by atoms with van der Waals surface area (Å²) in [7, 11) is 2.12. The van der Waals surface area contributed by atoms with E-state index in [0.29, 0.717) is 0 Å². The standard InChI is InChI=1S/C14H19NS/c1-3-4-7-10-16-14-11-15(2)13-9-6-5-8-12(13)14/h5-6,8-9,11H,3-4,7,10H2,1-2H3. The van der Waals surface area contributed by atoms with Crippen molar-refractivity contribution in [2.45, 2.75) is 31.1 Å². The Morgan fingerprint density at radius 2 is 2.00 bits per heavy atom. The third kappa shape index (κ3) is 2.43. The molecule has 86 valence electrons. The fraction of sp³-hybridized carbons (Fsp3) is 0.429. The molecule has 1 aromatic heterocycles. The topological polar surface area (TPSA) is 4.93 Å². The predicted molar refractivity (Wildman–Crippen MR) is 73.2 cm³/mol. The van der Waals surface area contributed by atoms with E-state index in [4.69, 9.17) is 0 Å². The van der Waals surface area contributed by atoms with E-state index in [9.17, 15) is 0 Å². The predicted octanol–water partition coefficient (Wildman–Crippen LogP) is 4.46. The Balaban J connectivity index is 2.12. The first-order valence-corrected chi connectivity index (χ1v) is 6.98. The monoisotopic (exact) mass is 233 g/mol. The van der Waals surface area contributed by atoms with Crippen molar-refractivity contribution in [1.29, 1.82) is 0 Å². The summed E-state index contributed by atoms with van der Waals surface area (Å²) in [4.78, 5) is 1.43. The first-order valence-electron chi connectivity index (χ1n) is 5.99. The first-order chi connectivity index (χ1) is 7.83. The van der Waals surface area contributed by atoms with Crippen molar-refractivity contribution < 1.29 is 0 Å². The molecule has 0 N–H and O–H groups in total. The Bertz CT molecular complexity index is 459. The second-order valence-electron chi connectivity index (χ2n) is 4.18. The number of fused-ring (bicyclic) bond motifs is 1. The lowest BCUT2D eigenvalue weighted by atomic mass is 10.2. The van der Waals surface area contributed by atoms with E-state index in [1.807, 2.05) is 11.8 Å². The number of hydrogen-bond acceptors (Lipinski definition) is 1. The number of aromatic nitrogens is 1. The van der Waals surface area contributed by atoms with E-state index in [1.165, 1.54) is 40.8 Å². The molecule has 0 aliphatic rings. The van der Waals surface area contributed by atoms with Crippen LogP contribution in [-0.4, -0.2) is 10.3 Å². The van der Waals surface area contributed by atoms with Crippen molar-refractivity contribution in [1.82, 2.24) is 4.57 Å². The molecule has 0 aliphatic heterocycles. The van der Waals surface area contributed by atoms with Gasteiger partial charge in [-0.15, -0.1) is 11.8 Å². The normalized spacial score (nSPS) is 11.1. The molecule has 16 heavy (non-hydrogen) atoms. The lowest BCUT2D eigenvalue weighted by molar-refractivity contribution is 0.778. The smallest absolute Gasteiger partial charge is 0.0489 e. The maximum absolute atomic E-state index is 2.25.